The molecule has 3 N–H and O–H groups in total. The van der Waals surface area contributed by atoms with Crippen LogP contribution < -0.4 is 10.6 Å². The summed E-state index contributed by atoms with van der Waals surface area (Å²) < 4.78 is 0. The molecule has 0 bridgehead atoms. The first-order valence-electron chi connectivity index (χ1n) is 6.34. The van der Waals surface area contributed by atoms with Crippen LogP contribution in [0, 0.1) is 11.3 Å². The minimum atomic E-state index is -1.05. The molecule has 0 amide bonds. The van der Waals surface area contributed by atoms with Gasteiger partial charge in [-0.3, -0.25) is 0 Å². The molecule has 0 atom stereocenters. The van der Waals surface area contributed by atoms with Crippen molar-refractivity contribution in [2.75, 3.05) is 17.7 Å². The molecule has 0 saturated heterocycles. The predicted molar refractivity (Wildman–Crippen MR) is 81.1 cm³/mol. The lowest BCUT2D eigenvalue weighted by molar-refractivity contribution is 0.0698. The van der Waals surface area contributed by atoms with Crippen LogP contribution in [0.4, 0.5) is 11.4 Å². The summed E-state index contributed by atoms with van der Waals surface area (Å²) in [5.74, 6) is -1.05. The second-order valence-electron chi connectivity index (χ2n) is 4.74. The molecule has 0 unspecified atom stereocenters. The molecular weight excluding hydrogens is 266 g/mol. The van der Waals surface area contributed by atoms with Crippen LogP contribution in [0.1, 0.15) is 21.5 Å². The predicted octanol–water partition coefficient (Wildman–Crippen LogP) is 2.48. The Hall–Kier alpha value is -3.00. The zero-order chi connectivity index (χ0) is 15.4. The van der Waals surface area contributed by atoms with Gasteiger partial charge >= 0.3 is 5.97 Å². The molecule has 0 aliphatic heterocycles. The fourth-order valence-corrected chi connectivity index (χ4v) is 2.07. The third-order valence-corrected chi connectivity index (χ3v) is 3.18. The Bertz CT molecular complexity index is 720. The minimum absolute atomic E-state index is 0.0881. The lowest BCUT2D eigenvalue weighted by Gasteiger charge is -2.20. The van der Waals surface area contributed by atoms with E-state index in [2.05, 4.69) is 6.07 Å². The van der Waals surface area contributed by atoms with Crippen LogP contribution >= 0.6 is 0 Å². The van der Waals surface area contributed by atoms with Gasteiger partial charge in [-0.15, -0.1) is 0 Å². The van der Waals surface area contributed by atoms with Crippen LogP contribution in [-0.2, 0) is 6.54 Å². The maximum absolute atomic E-state index is 11.1. The second kappa shape index (κ2) is 5.97. The van der Waals surface area contributed by atoms with E-state index in [0.717, 1.165) is 11.3 Å². The number of carboxylic acid groups (broad SMARTS) is 1. The molecule has 0 fully saturated rings. The maximum Gasteiger partial charge on any atom is 0.337 e. The minimum Gasteiger partial charge on any atom is -0.478 e. The number of carbonyl (C=O) groups is 1. The number of nitriles is 1. The van der Waals surface area contributed by atoms with Crippen molar-refractivity contribution in [3.05, 3.63) is 59.2 Å². The Balaban J connectivity index is 2.24. The SMILES string of the molecule is CN(Cc1cccc(C#N)c1)c1ccc(N)c(C(=O)O)c1. The number of aromatic carboxylic acids is 1. The molecular formula is C16H15N3O2. The van der Waals surface area contributed by atoms with Gasteiger partial charge in [-0.2, -0.15) is 5.26 Å². The lowest BCUT2D eigenvalue weighted by atomic mass is 10.1. The van der Waals surface area contributed by atoms with Crippen LogP contribution in [0.25, 0.3) is 0 Å². The smallest absolute Gasteiger partial charge is 0.337 e. The molecule has 0 spiro atoms. The summed E-state index contributed by atoms with van der Waals surface area (Å²) in [6, 6.07) is 14.3. The number of anilines is 2. The van der Waals surface area contributed by atoms with Crippen molar-refractivity contribution in [2.45, 2.75) is 6.54 Å². The Kier molecular flexibility index (Phi) is 4.10. The molecule has 106 valence electrons. The zero-order valence-electron chi connectivity index (χ0n) is 11.6. The van der Waals surface area contributed by atoms with Gasteiger partial charge in [0.05, 0.1) is 17.2 Å². The number of nitrogen functional groups attached to an aromatic ring is 1. The third kappa shape index (κ3) is 3.31. The molecule has 21 heavy (non-hydrogen) atoms. The van der Waals surface area contributed by atoms with Gasteiger partial charge in [0.25, 0.3) is 0 Å². The molecule has 0 heterocycles. The van der Waals surface area contributed by atoms with Gasteiger partial charge < -0.3 is 15.7 Å². The first kappa shape index (κ1) is 14.4. The topological polar surface area (TPSA) is 90.4 Å². The summed E-state index contributed by atoms with van der Waals surface area (Å²) >= 11 is 0. The molecule has 0 aromatic heterocycles. The van der Waals surface area contributed by atoms with Crippen LogP contribution in [-0.4, -0.2) is 18.1 Å². The van der Waals surface area contributed by atoms with E-state index in [-0.39, 0.29) is 11.3 Å². The Morgan fingerprint density at radius 3 is 2.76 bits per heavy atom. The number of rotatable bonds is 4. The standard InChI is InChI=1S/C16H15N3O2/c1-19(10-12-4-2-3-11(7-12)9-17)13-5-6-15(18)14(8-13)16(20)21/h2-8H,10,18H2,1H3,(H,20,21). The number of carboxylic acids is 1. The normalized spacial score (nSPS) is 9.90. The molecule has 5 nitrogen and oxygen atoms in total. The highest BCUT2D eigenvalue weighted by molar-refractivity contribution is 5.94. The van der Waals surface area contributed by atoms with Gasteiger partial charge in [0.2, 0.25) is 0 Å². The van der Waals surface area contributed by atoms with Crippen LogP contribution in [0.2, 0.25) is 0 Å². The van der Waals surface area contributed by atoms with Gasteiger partial charge in [-0.05, 0) is 35.9 Å². The van der Waals surface area contributed by atoms with Gasteiger partial charge in [0.15, 0.2) is 0 Å². The van der Waals surface area contributed by atoms with Crippen molar-refractivity contribution in [3.8, 4) is 6.07 Å². The highest BCUT2D eigenvalue weighted by atomic mass is 16.4. The van der Waals surface area contributed by atoms with E-state index in [1.54, 1.807) is 24.3 Å². The first-order chi connectivity index (χ1) is 10.0. The fraction of sp³-hybridized carbons (Fsp3) is 0.125. The number of hydrogen-bond acceptors (Lipinski definition) is 4. The fourth-order valence-electron chi connectivity index (χ4n) is 2.07. The third-order valence-electron chi connectivity index (χ3n) is 3.18. The van der Waals surface area contributed by atoms with Crippen molar-refractivity contribution >= 4 is 17.3 Å². The van der Waals surface area contributed by atoms with Gasteiger partial charge in [-0.25, -0.2) is 4.79 Å². The Labute approximate surface area is 122 Å². The average molecular weight is 281 g/mol. The summed E-state index contributed by atoms with van der Waals surface area (Å²) in [5.41, 5.74) is 8.31. The van der Waals surface area contributed by atoms with Crippen molar-refractivity contribution in [2.24, 2.45) is 0 Å². The largest absolute Gasteiger partial charge is 0.478 e. The quantitative estimate of drug-likeness (QED) is 0.840. The Morgan fingerprint density at radius 2 is 2.10 bits per heavy atom. The summed E-state index contributed by atoms with van der Waals surface area (Å²) in [6.07, 6.45) is 0. The lowest BCUT2D eigenvalue weighted by Crippen LogP contribution is -2.17. The van der Waals surface area contributed by atoms with E-state index in [4.69, 9.17) is 16.1 Å². The number of benzene rings is 2. The van der Waals surface area contributed by atoms with Crippen LogP contribution in [0.5, 0.6) is 0 Å². The van der Waals surface area contributed by atoms with Crippen molar-refractivity contribution in [3.63, 3.8) is 0 Å². The molecule has 0 aliphatic carbocycles. The summed E-state index contributed by atoms with van der Waals surface area (Å²) in [6.45, 7) is 0.568. The van der Waals surface area contributed by atoms with E-state index in [1.807, 2.05) is 30.1 Å². The molecule has 0 radical (unpaired) electrons. The van der Waals surface area contributed by atoms with Crippen molar-refractivity contribution in [1.29, 1.82) is 5.26 Å². The molecule has 5 heteroatoms. The van der Waals surface area contributed by atoms with Crippen LogP contribution in [0.15, 0.2) is 42.5 Å². The second-order valence-corrected chi connectivity index (χ2v) is 4.74. The summed E-state index contributed by atoms with van der Waals surface area (Å²) in [4.78, 5) is 13.0. The average Bonchev–Trinajstić information content (AvgIpc) is 2.47. The first-order valence-corrected chi connectivity index (χ1v) is 6.34. The Morgan fingerprint density at radius 1 is 1.33 bits per heavy atom. The van der Waals surface area contributed by atoms with E-state index >= 15 is 0 Å². The van der Waals surface area contributed by atoms with Gasteiger partial charge in [0, 0.05) is 25.0 Å². The molecule has 2 aromatic carbocycles. The van der Waals surface area contributed by atoms with E-state index in [9.17, 15) is 4.79 Å². The van der Waals surface area contributed by atoms with Crippen molar-refractivity contribution in [1.82, 2.24) is 0 Å². The summed E-state index contributed by atoms with van der Waals surface area (Å²) in [7, 11) is 1.86. The molecule has 0 saturated carbocycles. The van der Waals surface area contributed by atoms with Gasteiger partial charge in [0.1, 0.15) is 0 Å². The highest BCUT2D eigenvalue weighted by Gasteiger charge is 2.11. The van der Waals surface area contributed by atoms with E-state index < -0.39 is 5.97 Å². The molecule has 0 aliphatic rings. The summed E-state index contributed by atoms with van der Waals surface area (Å²) in [5, 5.41) is 18.0. The number of hydrogen-bond donors (Lipinski definition) is 2. The molecule has 2 rings (SSSR count). The zero-order valence-corrected chi connectivity index (χ0v) is 11.6. The van der Waals surface area contributed by atoms with E-state index in [1.165, 1.54) is 0 Å². The monoisotopic (exact) mass is 281 g/mol. The van der Waals surface area contributed by atoms with Crippen LogP contribution in [0.3, 0.4) is 0 Å². The van der Waals surface area contributed by atoms with Gasteiger partial charge in [-0.1, -0.05) is 12.1 Å². The maximum atomic E-state index is 11.1. The van der Waals surface area contributed by atoms with E-state index in [0.29, 0.717) is 12.1 Å². The molecule has 2 aromatic rings. The highest BCUT2D eigenvalue weighted by Crippen LogP contribution is 2.22. The number of nitrogens with zero attached hydrogens (tertiary/aromatic N) is 2. The van der Waals surface area contributed by atoms with Crippen molar-refractivity contribution < 1.29 is 9.90 Å². The number of nitrogens with two attached hydrogens (primary N) is 1.